The molecule has 2 rings (SSSR count). The van der Waals surface area contributed by atoms with Gasteiger partial charge in [0.15, 0.2) is 0 Å². The molecule has 1 heterocycles. The van der Waals surface area contributed by atoms with Crippen LogP contribution in [0.1, 0.15) is 38.7 Å². The number of likely N-dealkylation sites (tertiary alicyclic amines) is 1. The first-order valence-corrected chi connectivity index (χ1v) is 8.57. The van der Waals surface area contributed by atoms with Crippen LogP contribution in [0.3, 0.4) is 0 Å². The Kier molecular flexibility index (Phi) is 6.34. The number of methoxy groups -OCH3 is 1. The van der Waals surface area contributed by atoms with E-state index in [4.69, 9.17) is 9.47 Å². The minimum Gasteiger partial charge on any atom is -0.469 e. The third-order valence-corrected chi connectivity index (χ3v) is 4.31. The molecule has 0 N–H and O–H groups in total. The molecule has 0 unspecified atom stereocenters. The monoisotopic (exact) mass is 369 g/mol. The van der Waals surface area contributed by atoms with Crippen LogP contribution >= 0.6 is 0 Å². The minimum atomic E-state index is -0.683. The molecule has 1 aromatic rings. The summed E-state index contributed by atoms with van der Waals surface area (Å²) in [5, 5.41) is 0. The zero-order chi connectivity index (χ0) is 19.5. The fourth-order valence-corrected chi connectivity index (χ4v) is 3.22. The van der Waals surface area contributed by atoms with Crippen LogP contribution in [0.15, 0.2) is 18.2 Å². The molecule has 1 fully saturated rings. The molecule has 5 nitrogen and oxygen atoms in total. The molecule has 2 atom stereocenters. The SMILES string of the molecule is COC(=O)[C@@H]1CN(CCC(=O)OC(C)(C)C)C[C@H]1c1ccc(F)cc1F. The Labute approximate surface area is 152 Å². The lowest BCUT2D eigenvalue weighted by Crippen LogP contribution is -2.29. The van der Waals surface area contributed by atoms with E-state index in [0.717, 1.165) is 6.07 Å². The topological polar surface area (TPSA) is 55.8 Å². The number of carbonyl (C=O) groups is 2. The molecule has 0 bridgehead atoms. The van der Waals surface area contributed by atoms with Crippen molar-refractivity contribution in [2.24, 2.45) is 5.92 Å². The molecule has 1 saturated heterocycles. The number of carbonyl (C=O) groups excluding carboxylic acids is 2. The quantitative estimate of drug-likeness (QED) is 0.747. The summed E-state index contributed by atoms with van der Waals surface area (Å²) in [4.78, 5) is 25.9. The van der Waals surface area contributed by atoms with Gasteiger partial charge in [0, 0.05) is 31.6 Å². The smallest absolute Gasteiger partial charge is 0.310 e. The van der Waals surface area contributed by atoms with Gasteiger partial charge in [-0.2, -0.15) is 0 Å². The fraction of sp³-hybridized carbons (Fsp3) is 0.579. The van der Waals surface area contributed by atoms with Gasteiger partial charge in [0.05, 0.1) is 19.4 Å². The second kappa shape index (κ2) is 8.12. The molecule has 1 aliphatic heterocycles. The predicted octanol–water partition coefficient (Wildman–Crippen LogP) is 2.89. The molecule has 0 aliphatic carbocycles. The summed E-state index contributed by atoms with van der Waals surface area (Å²) >= 11 is 0. The molecular weight excluding hydrogens is 344 g/mol. The number of esters is 2. The predicted molar refractivity (Wildman–Crippen MR) is 91.5 cm³/mol. The van der Waals surface area contributed by atoms with Crippen molar-refractivity contribution in [2.45, 2.75) is 38.7 Å². The van der Waals surface area contributed by atoms with E-state index in [1.807, 2.05) is 4.90 Å². The molecule has 0 radical (unpaired) electrons. The highest BCUT2D eigenvalue weighted by Gasteiger charge is 2.40. The first kappa shape index (κ1) is 20.3. The molecule has 0 spiro atoms. The second-order valence-electron chi connectivity index (χ2n) is 7.50. The molecule has 26 heavy (non-hydrogen) atoms. The van der Waals surface area contributed by atoms with Crippen LogP contribution in [0.25, 0.3) is 0 Å². The van der Waals surface area contributed by atoms with E-state index in [1.165, 1.54) is 19.2 Å². The van der Waals surface area contributed by atoms with Crippen molar-refractivity contribution in [2.75, 3.05) is 26.7 Å². The van der Waals surface area contributed by atoms with Crippen molar-refractivity contribution in [1.82, 2.24) is 4.90 Å². The van der Waals surface area contributed by atoms with Crippen LogP contribution < -0.4 is 0 Å². The summed E-state index contributed by atoms with van der Waals surface area (Å²) in [6, 6.07) is 3.35. The number of benzene rings is 1. The number of hydrogen-bond acceptors (Lipinski definition) is 5. The maximum atomic E-state index is 14.2. The summed E-state index contributed by atoms with van der Waals surface area (Å²) in [5.74, 6) is -3.15. The van der Waals surface area contributed by atoms with E-state index in [9.17, 15) is 18.4 Å². The Hall–Kier alpha value is -2.02. The molecular formula is C19H25F2NO4. The Balaban J connectivity index is 2.08. The highest BCUT2D eigenvalue weighted by atomic mass is 19.1. The normalized spacial score (nSPS) is 20.8. The molecule has 0 amide bonds. The largest absolute Gasteiger partial charge is 0.469 e. The van der Waals surface area contributed by atoms with Gasteiger partial charge >= 0.3 is 11.9 Å². The summed E-state index contributed by atoms with van der Waals surface area (Å²) in [6.07, 6.45) is 0.170. The Morgan fingerprint density at radius 3 is 2.50 bits per heavy atom. The van der Waals surface area contributed by atoms with Gasteiger partial charge in [-0.15, -0.1) is 0 Å². The van der Waals surface area contributed by atoms with Gasteiger partial charge in [-0.3, -0.25) is 9.59 Å². The Morgan fingerprint density at radius 2 is 1.92 bits per heavy atom. The molecule has 1 aliphatic rings. The van der Waals surface area contributed by atoms with Gasteiger partial charge in [-0.1, -0.05) is 6.07 Å². The number of halogens is 2. The fourth-order valence-electron chi connectivity index (χ4n) is 3.22. The van der Waals surface area contributed by atoms with Crippen molar-refractivity contribution in [3.63, 3.8) is 0 Å². The molecule has 7 heteroatoms. The van der Waals surface area contributed by atoms with Gasteiger partial charge in [-0.25, -0.2) is 8.78 Å². The molecule has 0 saturated carbocycles. The average Bonchev–Trinajstić information content (AvgIpc) is 2.94. The summed E-state index contributed by atoms with van der Waals surface area (Å²) in [6.45, 7) is 6.49. The summed E-state index contributed by atoms with van der Waals surface area (Å²) < 4.78 is 37.5. The molecule has 0 aromatic heterocycles. The van der Waals surface area contributed by atoms with Crippen LogP contribution in [0, 0.1) is 17.6 Å². The Bertz CT molecular complexity index is 672. The maximum absolute atomic E-state index is 14.2. The van der Waals surface area contributed by atoms with Crippen molar-refractivity contribution in [3.05, 3.63) is 35.4 Å². The number of ether oxygens (including phenoxy) is 2. The zero-order valence-electron chi connectivity index (χ0n) is 15.6. The van der Waals surface area contributed by atoms with E-state index in [-0.39, 0.29) is 18.0 Å². The third-order valence-electron chi connectivity index (χ3n) is 4.31. The van der Waals surface area contributed by atoms with E-state index < -0.39 is 35.0 Å². The van der Waals surface area contributed by atoms with Gasteiger partial charge in [0.25, 0.3) is 0 Å². The summed E-state index contributed by atoms with van der Waals surface area (Å²) in [7, 11) is 1.28. The van der Waals surface area contributed by atoms with E-state index in [2.05, 4.69) is 0 Å². The van der Waals surface area contributed by atoms with Crippen LogP contribution in [-0.4, -0.2) is 49.2 Å². The maximum Gasteiger partial charge on any atom is 0.310 e. The third kappa shape index (κ3) is 5.24. The average molecular weight is 369 g/mol. The second-order valence-corrected chi connectivity index (χ2v) is 7.50. The Morgan fingerprint density at radius 1 is 1.23 bits per heavy atom. The van der Waals surface area contributed by atoms with Crippen LogP contribution in [0.2, 0.25) is 0 Å². The van der Waals surface area contributed by atoms with Crippen LogP contribution in [0.5, 0.6) is 0 Å². The van der Waals surface area contributed by atoms with Crippen LogP contribution in [-0.2, 0) is 19.1 Å². The van der Waals surface area contributed by atoms with E-state index in [1.54, 1.807) is 20.8 Å². The number of hydrogen-bond donors (Lipinski definition) is 0. The van der Waals surface area contributed by atoms with Crippen molar-refractivity contribution < 1.29 is 27.8 Å². The van der Waals surface area contributed by atoms with Crippen LogP contribution in [0.4, 0.5) is 8.78 Å². The van der Waals surface area contributed by atoms with Crippen molar-refractivity contribution in [1.29, 1.82) is 0 Å². The van der Waals surface area contributed by atoms with Gasteiger partial charge in [0.2, 0.25) is 0 Å². The van der Waals surface area contributed by atoms with Gasteiger partial charge in [0.1, 0.15) is 17.2 Å². The number of rotatable bonds is 5. The number of nitrogens with zero attached hydrogens (tertiary/aromatic N) is 1. The zero-order valence-corrected chi connectivity index (χ0v) is 15.6. The standard InChI is InChI=1S/C19H25F2NO4/c1-19(2,3)26-17(23)7-8-22-10-14(15(11-22)18(24)25-4)13-6-5-12(20)9-16(13)21/h5-6,9,14-15H,7-8,10-11H2,1-4H3/t14-,15+/m0/s1. The minimum absolute atomic E-state index is 0.170. The van der Waals surface area contributed by atoms with Crippen molar-refractivity contribution >= 4 is 11.9 Å². The highest BCUT2D eigenvalue weighted by molar-refractivity contribution is 5.74. The van der Waals surface area contributed by atoms with E-state index in [0.29, 0.717) is 19.6 Å². The van der Waals surface area contributed by atoms with Gasteiger partial charge < -0.3 is 14.4 Å². The molecule has 1 aromatic carbocycles. The lowest BCUT2D eigenvalue weighted by Gasteiger charge is -2.21. The lowest BCUT2D eigenvalue weighted by molar-refractivity contribution is -0.155. The first-order valence-electron chi connectivity index (χ1n) is 8.57. The lowest BCUT2D eigenvalue weighted by atomic mass is 9.88. The highest BCUT2D eigenvalue weighted by Crippen LogP contribution is 2.35. The molecule has 144 valence electrons. The van der Waals surface area contributed by atoms with E-state index >= 15 is 0 Å². The van der Waals surface area contributed by atoms with Gasteiger partial charge in [-0.05, 0) is 32.4 Å². The first-order chi connectivity index (χ1) is 12.1. The summed E-state index contributed by atoms with van der Waals surface area (Å²) in [5.41, 5.74) is -0.280. The van der Waals surface area contributed by atoms with Crippen molar-refractivity contribution in [3.8, 4) is 0 Å².